The predicted molar refractivity (Wildman–Crippen MR) is 101 cm³/mol. The number of methoxy groups -OCH3 is 1. The summed E-state index contributed by atoms with van der Waals surface area (Å²) in [4.78, 5) is 12.9. The Labute approximate surface area is 146 Å². The summed E-state index contributed by atoms with van der Waals surface area (Å²) in [5.41, 5.74) is 1.75. The first-order valence-corrected chi connectivity index (χ1v) is 8.31. The van der Waals surface area contributed by atoms with Gasteiger partial charge in [0.1, 0.15) is 11.5 Å². The zero-order valence-electron chi connectivity index (χ0n) is 14.6. The number of hydrogen-bond donors (Lipinski definition) is 2. The van der Waals surface area contributed by atoms with Gasteiger partial charge in [0.05, 0.1) is 24.2 Å². The summed E-state index contributed by atoms with van der Waals surface area (Å²) in [7, 11) is 1.61. The van der Waals surface area contributed by atoms with Crippen molar-refractivity contribution in [2.75, 3.05) is 12.4 Å². The number of aryl methyl sites for hydroxylation is 1. The molecule has 0 spiro atoms. The zero-order chi connectivity index (χ0) is 18.0. The summed E-state index contributed by atoms with van der Waals surface area (Å²) in [6.07, 6.45) is 0. The molecule has 0 saturated heterocycles. The van der Waals surface area contributed by atoms with Crippen LogP contribution < -0.4 is 15.6 Å². The fourth-order valence-corrected chi connectivity index (χ4v) is 3.15. The second kappa shape index (κ2) is 6.89. The summed E-state index contributed by atoms with van der Waals surface area (Å²) in [6.45, 7) is 4.33. The summed E-state index contributed by atoms with van der Waals surface area (Å²) >= 11 is 0. The Balaban J connectivity index is 2.09. The molecule has 2 aromatic carbocycles. The molecule has 1 heterocycles. The molecule has 0 aliphatic rings. The number of pyridine rings is 1. The van der Waals surface area contributed by atoms with Crippen LogP contribution in [0.15, 0.2) is 53.3 Å². The highest BCUT2D eigenvalue weighted by atomic mass is 16.5. The molecule has 0 aliphatic carbocycles. The second-order valence-corrected chi connectivity index (χ2v) is 5.93. The average Bonchev–Trinajstić information content (AvgIpc) is 2.62. The van der Waals surface area contributed by atoms with Gasteiger partial charge in [0.2, 0.25) is 0 Å². The fourth-order valence-electron chi connectivity index (χ4n) is 3.15. The van der Waals surface area contributed by atoms with Crippen LogP contribution in [-0.2, 0) is 6.54 Å². The number of anilines is 1. The van der Waals surface area contributed by atoms with Gasteiger partial charge in [-0.3, -0.25) is 4.79 Å². The molecule has 3 rings (SSSR count). The molecule has 0 aliphatic heterocycles. The number of aromatic nitrogens is 1. The number of aromatic hydroxyl groups is 1. The van der Waals surface area contributed by atoms with Crippen LogP contribution in [0.1, 0.15) is 25.5 Å². The molecule has 130 valence electrons. The minimum atomic E-state index is -0.359. The molecule has 5 nitrogen and oxygen atoms in total. The van der Waals surface area contributed by atoms with Crippen molar-refractivity contribution in [3.8, 4) is 11.5 Å². The highest BCUT2D eigenvalue weighted by Gasteiger charge is 2.20. The van der Waals surface area contributed by atoms with Crippen LogP contribution in [0.4, 0.5) is 5.69 Å². The molecule has 0 fully saturated rings. The lowest BCUT2D eigenvalue weighted by molar-refractivity contribution is 0.415. The Bertz CT molecular complexity index is 963. The van der Waals surface area contributed by atoms with Crippen LogP contribution in [0.25, 0.3) is 10.9 Å². The van der Waals surface area contributed by atoms with Crippen molar-refractivity contribution in [2.24, 2.45) is 0 Å². The summed E-state index contributed by atoms with van der Waals surface area (Å²) in [6, 6.07) is 14.5. The monoisotopic (exact) mass is 338 g/mol. The van der Waals surface area contributed by atoms with E-state index in [9.17, 15) is 9.90 Å². The SMILES string of the molecule is CCn1c(=O)c(C(C)Nc2cccc(OC)c2)c(O)c2ccccc21. The van der Waals surface area contributed by atoms with E-state index in [0.29, 0.717) is 17.5 Å². The third-order valence-electron chi connectivity index (χ3n) is 4.38. The van der Waals surface area contributed by atoms with Gasteiger partial charge in [-0.2, -0.15) is 0 Å². The Kier molecular flexibility index (Phi) is 4.65. The number of benzene rings is 2. The average molecular weight is 338 g/mol. The number of nitrogens with one attached hydrogen (secondary N) is 1. The number of para-hydroxylation sites is 1. The minimum Gasteiger partial charge on any atom is -0.507 e. The van der Waals surface area contributed by atoms with E-state index in [1.807, 2.05) is 62.4 Å². The highest BCUT2D eigenvalue weighted by molar-refractivity contribution is 5.86. The molecule has 3 aromatic rings. The molecule has 0 saturated carbocycles. The maximum Gasteiger partial charge on any atom is 0.260 e. The number of ether oxygens (including phenoxy) is 1. The van der Waals surface area contributed by atoms with Crippen LogP contribution >= 0.6 is 0 Å². The summed E-state index contributed by atoms with van der Waals surface area (Å²) in [5.74, 6) is 0.763. The normalized spacial score (nSPS) is 12.1. The molecule has 25 heavy (non-hydrogen) atoms. The standard InChI is InChI=1S/C20H22N2O3/c1-4-22-17-11-6-5-10-16(17)19(23)18(20(22)24)13(2)21-14-8-7-9-15(12-14)25-3/h5-13,21,23H,4H2,1-3H3. The van der Waals surface area contributed by atoms with E-state index >= 15 is 0 Å². The first-order valence-electron chi connectivity index (χ1n) is 8.31. The molecule has 1 atom stereocenters. The van der Waals surface area contributed by atoms with Gasteiger partial charge in [-0.15, -0.1) is 0 Å². The van der Waals surface area contributed by atoms with Crippen molar-refractivity contribution in [1.82, 2.24) is 4.57 Å². The Morgan fingerprint density at radius 3 is 2.68 bits per heavy atom. The number of rotatable bonds is 5. The first-order chi connectivity index (χ1) is 12.1. The van der Waals surface area contributed by atoms with Crippen molar-refractivity contribution in [3.05, 3.63) is 64.4 Å². The van der Waals surface area contributed by atoms with Crippen molar-refractivity contribution < 1.29 is 9.84 Å². The van der Waals surface area contributed by atoms with E-state index in [1.54, 1.807) is 11.7 Å². The zero-order valence-corrected chi connectivity index (χ0v) is 14.6. The van der Waals surface area contributed by atoms with Crippen LogP contribution in [-0.4, -0.2) is 16.8 Å². The minimum absolute atomic E-state index is 0.0354. The Morgan fingerprint density at radius 2 is 1.96 bits per heavy atom. The van der Waals surface area contributed by atoms with Gasteiger partial charge >= 0.3 is 0 Å². The van der Waals surface area contributed by atoms with Gasteiger partial charge in [-0.05, 0) is 38.1 Å². The van der Waals surface area contributed by atoms with Crippen molar-refractivity contribution in [3.63, 3.8) is 0 Å². The Hall–Kier alpha value is -2.95. The van der Waals surface area contributed by atoms with E-state index in [-0.39, 0.29) is 17.4 Å². The quantitative estimate of drug-likeness (QED) is 0.740. The lowest BCUT2D eigenvalue weighted by atomic mass is 10.0. The Morgan fingerprint density at radius 1 is 1.20 bits per heavy atom. The van der Waals surface area contributed by atoms with Gasteiger partial charge < -0.3 is 19.7 Å². The number of fused-ring (bicyclic) bond motifs is 1. The van der Waals surface area contributed by atoms with E-state index in [2.05, 4.69) is 5.32 Å². The van der Waals surface area contributed by atoms with Crippen LogP contribution in [0.3, 0.4) is 0 Å². The highest BCUT2D eigenvalue weighted by Crippen LogP contribution is 2.31. The van der Waals surface area contributed by atoms with Crippen molar-refractivity contribution in [2.45, 2.75) is 26.4 Å². The van der Waals surface area contributed by atoms with Crippen LogP contribution in [0.2, 0.25) is 0 Å². The smallest absolute Gasteiger partial charge is 0.260 e. The third kappa shape index (κ3) is 3.05. The van der Waals surface area contributed by atoms with Gasteiger partial charge in [-0.1, -0.05) is 18.2 Å². The van der Waals surface area contributed by atoms with Gasteiger partial charge in [-0.25, -0.2) is 0 Å². The van der Waals surface area contributed by atoms with Crippen LogP contribution in [0, 0.1) is 0 Å². The maximum atomic E-state index is 12.9. The third-order valence-corrected chi connectivity index (χ3v) is 4.38. The fraction of sp³-hybridized carbons (Fsp3) is 0.250. The molecule has 0 amide bonds. The first kappa shape index (κ1) is 16.9. The molecular weight excluding hydrogens is 316 g/mol. The van der Waals surface area contributed by atoms with Gasteiger partial charge in [0, 0.05) is 23.7 Å². The van der Waals surface area contributed by atoms with E-state index in [1.165, 1.54) is 0 Å². The molecule has 1 aromatic heterocycles. The summed E-state index contributed by atoms with van der Waals surface area (Å²) in [5, 5.41) is 14.7. The van der Waals surface area contributed by atoms with Crippen molar-refractivity contribution >= 4 is 16.6 Å². The molecule has 2 N–H and O–H groups in total. The maximum absolute atomic E-state index is 12.9. The largest absolute Gasteiger partial charge is 0.507 e. The molecule has 0 bridgehead atoms. The molecule has 5 heteroatoms. The van der Waals surface area contributed by atoms with E-state index in [4.69, 9.17) is 4.74 Å². The number of nitrogens with zero attached hydrogens (tertiary/aromatic N) is 1. The van der Waals surface area contributed by atoms with E-state index < -0.39 is 0 Å². The topological polar surface area (TPSA) is 63.5 Å². The predicted octanol–water partition coefficient (Wildman–Crippen LogP) is 3.91. The van der Waals surface area contributed by atoms with Crippen molar-refractivity contribution in [1.29, 1.82) is 0 Å². The van der Waals surface area contributed by atoms with Gasteiger partial charge in [0.25, 0.3) is 5.56 Å². The lowest BCUT2D eigenvalue weighted by Crippen LogP contribution is -2.27. The van der Waals surface area contributed by atoms with E-state index in [0.717, 1.165) is 17.0 Å². The molecular formula is C20H22N2O3. The second-order valence-electron chi connectivity index (χ2n) is 5.93. The summed E-state index contributed by atoms with van der Waals surface area (Å²) < 4.78 is 6.92. The number of hydrogen-bond acceptors (Lipinski definition) is 4. The lowest BCUT2D eigenvalue weighted by Gasteiger charge is -2.20. The van der Waals surface area contributed by atoms with Crippen LogP contribution in [0.5, 0.6) is 11.5 Å². The molecule has 1 unspecified atom stereocenters. The van der Waals surface area contributed by atoms with Gasteiger partial charge in [0.15, 0.2) is 0 Å². The molecule has 0 radical (unpaired) electrons.